The Labute approximate surface area is 154 Å². The molecule has 1 aliphatic rings. The molecule has 7 nitrogen and oxygen atoms in total. The molecule has 1 aliphatic heterocycles. The first-order valence-corrected chi connectivity index (χ1v) is 10.4. The van der Waals surface area contributed by atoms with Gasteiger partial charge in [0.05, 0.1) is 11.9 Å². The van der Waals surface area contributed by atoms with Crippen LogP contribution in [0.2, 0.25) is 0 Å². The highest BCUT2D eigenvalue weighted by Gasteiger charge is 2.28. The molecular weight excluding hydrogens is 352 g/mol. The van der Waals surface area contributed by atoms with Crippen molar-refractivity contribution in [2.75, 3.05) is 18.8 Å². The van der Waals surface area contributed by atoms with Gasteiger partial charge in [0.25, 0.3) is 5.91 Å². The molecule has 1 atom stereocenters. The molecule has 1 N–H and O–H groups in total. The van der Waals surface area contributed by atoms with Gasteiger partial charge in [-0.15, -0.1) is 0 Å². The zero-order valence-electron chi connectivity index (χ0n) is 14.8. The largest absolute Gasteiger partial charge is 0.338 e. The van der Waals surface area contributed by atoms with Crippen molar-refractivity contribution < 1.29 is 13.2 Å². The molecule has 2 heterocycles. The van der Waals surface area contributed by atoms with Gasteiger partial charge in [-0.2, -0.15) is 5.10 Å². The lowest BCUT2D eigenvalue weighted by Crippen LogP contribution is -2.43. The number of sulfonamides is 1. The minimum atomic E-state index is -3.41. The Bertz CT molecular complexity index is 848. The lowest BCUT2D eigenvalue weighted by Gasteiger charge is -2.32. The Balaban J connectivity index is 1.56. The summed E-state index contributed by atoms with van der Waals surface area (Å²) in [7, 11) is -1.62. The van der Waals surface area contributed by atoms with Crippen LogP contribution >= 0.6 is 0 Å². The van der Waals surface area contributed by atoms with Gasteiger partial charge in [0.15, 0.2) is 0 Å². The minimum Gasteiger partial charge on any atom is -0.338 e. The quantitative estimate of drug-likeness (QED) is 0.826. The van der Waals surface area contributed by atoms with Crippen LogP contribution in [0.4, 0.5) is 0 Å². The van der Waals surface area contributed by atoms with Gasteiger partial charge in [-0.3, -0.25) is 9.48 Å². The number of hydrogen-bond donors (Lipinski definition) is 1. The monoisotopic (exact) mass is 376 g/mol. The standard InChI is InChI=1S/C18H24N4O3S/c1-21-12-16(10-19-21)11-20-26(24,25)14-15-6-5-9-22(13-15)18(23)17-7-3-2-4-8-17/h2-4,7-8,10,12,15,20H,5-6,9,11,13-14H2,1H3/t15-/m1/s1. The summed E-state index contributed by atoms with van der Waals surface area (Å²) in [5.41, 5.74) is 1.46. The van der Waals surface area contributed by atoms with Crippen molar-refractivity contribution in [3.63, 3.8) is 0 Å². The van der Waals surface area contributed by atoms with Crippen molar-refractivity contribution in [1.82, 2.24) is 19.4 Å². The number of aryl methyl sites for hydroxylation is 1. The van der Waals surface area contributed by atoms with Gasteiger partial charge in [0.2, 0.25) is 10.0 Å². The molecule has 0 spiro atoms. The predicted octanol–water partition coefficient (Wildman–Crippen LogP) is 1.39. The summed E-state index contributed by atoms with van der Waals surface area (Å²) in [6.07, 6.45) is 5.06. The maximum absolute atomic E-state index is 12.6. The van der Waals surface area contributed by atoms with Crippen LogP contribution in [0.1, 0.15) is 28.8 Å². The molecule has 0 aliphatic carbocycles. The summed E-state index contributed by atoms with van der Waals surface area (Å²) in [6, 6.07) is 9.12. The Morgan fingerprint density at radius 1 is 1.31 bits per heavy atom. The van der Waals surface area contributed by atoms with Crippen LogP contribution in [-0.4, -0.2) is 47.8 Å². The van der Waals surface area contributed by atoms with Crippen LogP contribution in [-0.2, 0) is 23.6 Å². The third kappa shape index (κ3) is 4.92. The minimum absolute atomic E-state index is 0.0315. The van der Waals surface area contributed by atoms with E-state index in [1.54, 1.807) is 41.2 Å². The average molecular weight is 376 g/mol. The second-order valence-electron chi connectivity index (χ2n) is 6.75. The number of rotatable bonds is 6. The van der Waals surface area contributed by atoms with Crippen LogP contribution < -0.4 is 4.72 Å². The molecule has 0 saturated carbocycles. The summed E-state index contributed by atoms with van der Waals surface area (Å²) in [6.45, 7) is 1.38. The van der Waals surface area contributed by atoms with Gasteiger partial charge in [-0.25, -0.2) is 13.1 Å². The number of carbonyl (C=O) groups is 1. The molecule has 1 saturated heterocycles. The Morgan fingerprint density at radius 3 is 2.77 bits per heavy atom. The molecule has 1 fully saturated rings. The molecule has 0 unspecified atom stereocenters. The number of benzene rings is 1. The fourth-order valence-corrected chi connectivity index (χ4v) is 4.67. The normalized spacial score (nSPS) is 18.0. The van der Waals surface area contributed by atoms with Crippen molar-refractivity contribution in [1.29, 1.82) is 0 Å². The number of carbonyl (C=O) groups excluding carboxylic acids is 1. The van der Waals surface area contributed by atoms with Crippen molar-refractivity contribution in [3.8, 4) is 0 Å². The average Bonchev–Trinajstić information content (AvgIpc) is 3.05. The summed E-state index contributed by atoms with van der Waals surface area (Å²) in [5, 5.41) is 4.03. The van der Waals surface area contributed by atoms with Crippen molar-refractivity contribution in [2.45, 2.75) is 19.4 Å². The molecule has 140 valence electrons. The van der Waals surface area contributed by atoms with Gasteiger partial charge in [0.1, 0.15) is 0 Å². The first-order chi connectivity index (χ1) is 12.4. The highest BCUT2D eigenvalue weighted by Crippen LogP contribution is 2.20. The molecule has 1 aromatic carbocycles. The Kier molecular flexibility index (Phi) is 5.73. The maximum Gasteiger partial charge on any atom is 0.253 e. The van der Waals surface area contributed by atoms with Crippen LogP contribution in [0.25, 0.3) is 0 Å². The van der Waals surface area contributed by atoms with Crippen molar-refractivity contribution in [3.05, 3.63) is 53.9 Å². The fourth-order valence-electron chi connectivity index (χ4n) is 3.27. The fraction of sp³-hybridized carbons (Fsp3) is 0.444. The smallest absolute Gasteiger partial charge is 0.253 e. The highest BCUT2D eigenvalue weighted by atomic mass is 32.2. The van der Waals surface area contributed by atoms with Gasteiger partial charge in [-0.05, 0) is 30.9 Å². The zero-order valence-corrected chi connectivity index (χ0v) is 15.7. The molecule has 0 radical (unpaired) electrons. The predicted molar refractivity (Wildman–Crippen MR) is 98.9 cm³/mol. The van der Waals surface area contributed by atoms with E-state index >= 15 is 0 Å². The number of aromatic nitrogens is 2. The molecule has 0 bridgehead atoms. The van der Waals surface area contributed by atoms with E-state index in [1.165, 1.54) is 0 Å². The molecular formula is C18H24N4O3S. The van der Waals surface area contributed by atoms with Gasteiger partial charge in [-0.1, -0.05) is 18.2 Å². The van der Waals surface area contributed by atoms with E-state index in [4.69, 9.17) is 0 Å². The molecule has 26 heavy (non-hydrogen) atoms. The number of amides is 1. The molecule has 8 heteroatoms. The van der Waals surface area contributed by atoms with E-state index in [0.29, 0.717) is 18.7 Å². The van der Waals surface area contributed by atoms with E-state index in [1.807, 2.05) is 18.2 Å². The van der Waals surface area contributed by atoms with E-state index < -0.39 is 10.0 Å². The van der Waals surface area contributed by atoms with Crippen molar-refractivity contribution in [2.24, 2.45) is 13.0 Å². The van der Waals surface area contributed by atoms with Crippen LogP contribution in [0.5, 0.6) is 0 Å². The third-order valence-electron chi connectivity index (χ3n) is 4.54. The van der Waals surface area contributed by atoms with Gasteiger partial charge in [0, 0.05) is 44.0 Å². The van der Waals surface area contributed by atoms with Crippen molar-refractivity contribution >= 4 is 15.9 Å². The number of likely N-dealkylation sites (tertiary alicyclic amines) is 1. The lowest BCUT2D eigenvalue weighted by atomic mass is 9.99. The summed E-state index contributed by atoms with van der Waals surface area (Å²) < 4.78 is 29.0. The molecule has 1 aromatic heterocycles. The number of piperidine rings is 1. The molecule has 3 rings (SSSR count). The third-order valence-corrected chi connectivity index (χ3v) is 6.03. The second kappa shape index (κ2) is 8.01. The molecule has 2 aromatic rings. The Hall–Kier alpha value is -2.19. The van der Waals surface area contributed by atoms with Gasteiger partial charge >= 0.3 is 0 Å². The first kappa shape index (κ1) is 18.6. The van der Waals surface area contributed by atoms with Crippen LogP contribution in [0.15, 0.2) is 42.7 Å². The lowest BCUT2D eigenvalue weighted by molar-refractivity contribution is 0.0684. The number of hydrogen-bond acceptors (Lipinski definition) is 4. The number of nitrogens with zero attached hydrogens (tertiary/aromatic N) is 3. The van der Waals surface area contributed by atoms with E-state index in [0.717, 1.165) is 18.4 Å². The summed E-state index contributed by atoms with van der Waals surface area (Å²) in [5.74, 6) is -0.0509. The van der Waals surface area contributed by atoms with Crippen LogP contribution in [0, 0.1) is 5.92 Å². The first-order valence-electron chi connectivity index (χ1n) is 8.72. The SMILES string of the molecule is Cn1cc(CNS(=O)(=O)C[C@@H]2CCCN(C(=O)c3ccccc3)C2)cn1. The van der Waals surface area contributed by atoms with Crippen LogP contribution in [0.3, 0.4) is 0 Å². The van der Waals surface area contributed by atoms with Gasteiger partial charge < -0.3 is 4.90 Å². The maximum atomic E-state index is 12.6. The summed E-state index contributed by atoms with van der Waals surface area (Å²) in [4.78, 5) is 14.3. The summed E-state index contributed by atoms with van der Waals surface area (Å²) >= 11 is 0. The Morgan fingerprint density at radius 2 is 2.08 bits per heavy atom. The van der Waals surface area contributed by atoms with E-state index in [9.17, 15) is 13.2 Å². The topological polar surface area (TPSA) is 84.3 Å². The zero-order chi connectivity index (χ0) is 18.6. The molecule has 1 amide bonds. The van der Waals surface area contributed by atoms with E-state index in [-0.39, 0.29) is 24.1 Å². The highest BCUT2D eigenvalue weighted by molar-refractivity contribution is 7.89. The number of nitrogens with one attached hydrogen (secondary N) is 1. The van der Waals surface area contributed by atoms with E-state index in [2.05, 4.69) is 9.82 Å². The second-order valence-corrected chi connectivity index (χ2v) is 8.60.